The van der Waals surface area contributed by atoms with Crippen molar-refractivity contribution >= 4 is 11.8 Å². The molecule has 9 nitrogen and oxygen atoms in total. The van der Waals surface area contributed by atoms with Crippen LogP contribution in [0.25, 0.3) is 0 Å². The molecule has 2 amide bonds. The van der Waals surface area contributed by atoms with Gasteiger partial charge >= 0.3 is 0 Å². The molecular weight excluding hydrogens is 476 g/mol. The van der Waals surface area contributed by atoms with Crippen LogP contribution in [0.15, 0.2) is 23.8 Å². The van der Waals surface area contributed by atoms with Crippen LogP contribution < -0.4 is 14.8 Å². The highest BCUT2D eigenvalue weighted by Gasteiger charge is 2.52. The molecule has 1 aliphatic heterocycles. The first-order valence-corrected chi connectivity index (χ1v) is 13.5. The molecule has 1 aromatic rings. The summed E-state index contributed by atoms with van der Waals surface area (Å²) < 4.78 is 11.8. The zero-order valence-corrected chi connectivity index (χ0v) is 21.4. The Morgan fingerprint density at radius 3 is 2.54 bits per heavy atom. The summed E-state index contributed by atoms with van der Waals surface area (Å²) in [4.78, 5) is 28.7. The third-order valence-corrected chi connectivity index (χ3v) is 8.24. The molecule has 4 unspecified atom stereocenters. The second-order valence-corrected chi connectivity index (χ2v) is 10.8. The quantitative estimate of drug-likeness (QED) is 0.394. The summed E-state index contributed by atoms with van der Waals surface area (Å²) in [7, 11) is 1.51. The van der Waals surface area contributed by atoms with Gasteiger partial charge in [0.05, 0.1) is 32.3 Å². The van der Waals surface area contributed by atoms with E-state index in [1.54, 1.807) is 23.1 Å². The van der Waals surface area contributed by atoms with Gasteiger partial charge in [-0.3, -0.25) is 9.59 Å². The number of benzene rings is 1. The molecule has 2 saturated carbocycles. The van der Waals surface area contributed by atoms with E-state index in [2.05, 4.69) is 5.32 Å². The fourth-order valence-corrected chi connectivity index (χ4v) is 6.19. The monoisotopic (exact) mass is 514 g/mol. The smallest absolute Gasteiger partial charge is 0.247 e. The van der Waals surface area contributed by atoms with Crippen LogP contribution in [0.2, 0.25) is 0 Å². The van der Waals surface area contributed by atoms with Gasteiger partial charge in [0.25, 0.3) is 0 Å². The summed E-state index contributed by atoms with van der Waals surface area (Å²) in [5, 5.41) is 33.6. The van der Waals surface area contributed by atoms with Gasteiger partial charge in [0.1, 0.15) is 12.2 Å². The van der Waals surface area contributed by atoms with Crippen LogP contribution in [0.5, 0.6) is 11.5 Å². The van der Waals surface area contributed by atoms with Crippen LogP contribution in [0.1, 0.15) is 62.0 Å². The summed E-state index contributed by atoms with van der Waals surface area (Å²) in [5.74, 6) is 0.258. The van der Waals surface area contributed by atoms with E-state index in [1.165, 1.54) is 13.5 Å². The lowest BCUT2D eigenvalue weighted by molar-refractivity contribution is -0.139. The van der Waals surface area contributed by atoms with E-state index in [4.69, 9.17) is 9.47 Å². The van der Waals surface area contributed by atoms with E-state index in [0.717, 1.165) is 38.5 Å². The first kappa shape index (κ1) is 26.0. The number of ether oxygens (including phenoxy) is 2. The van der Waals surface area contributed by atoms with E-state index in [9.17, 15) is 24.9 Å². The zero-order valence-electron chi connectivity index (χ0n) is 21.4. The average Bonchev–Trinajstić information content (AvgIpc) is 3.70. The summed E-state index contributed by atoms with van der Waals surface area (Å²) >= 11 is 0. The Kier molecular flexibility index (Phi) is 7.74. The molecule has 4 aliphatic rings. The van der Waals surface area contributed by atoms with Crippen molar-refractivity contribution in [2.75, 3.05) is 26.8 Å². The van der Waals surface area contributed by atoms with Crippen LogP contribution in [0, 0.1) is 11.8 Å². The minimum Gasteiger partial charge on any atom is -0.493 e. The number of hydrogen-bond donors (Lipinski definition) is 4. The summed E-state index contributed by atoms with van der Waals surface area (Å²) in [6, 6.07) is 2.75. The maximum Gasteiger partial charge on any atom is 0.247 e. The molecule has 0 bridgehead atoms. The number of aliphatic hydroxyl groups is 3. The number of aliphatic hydroxyl groups excluding tert-OH is 3. The molecule has 4 atom stereocenters. The van der Waals surface area contributed by atoms with Crippen molar-refractivity contribution in [3.8, 4) is 11.5 Å². The van der Waals surface area contributed by atoms with Gasteiger partial charge in [-0.15, -0.1) is 0 Å². The summed E-state index contributed by atoms with van der Waals surface area (Å²) in [5.41, 5.74) is 1.65. The number of fused-ring (bicyclic) bond motifs is 3. The van der Waals surface area contributed by atoms with Gasteiger partial charge in [-0.1, -0.05) is 19.3 Å². The maximum absolute atomic E-state index is 13.5. The molecule has 37 heavy (non-hydrogen) atoms. The number of methoxy groups -OCH3 is 1. The van der Waals surface area contributed by atoms with Crippen LogP contribution in [0.3, 0.4) is 0 Å². The molecular formula is C28H38N2O7. The molecule has 9 heteroatoms. The Hall–Kier alpha value is -2.62. The highest BCUT2D eigenvalue weighted by atomic mass is 16.5. The number of rotatable bonds is 9. The lowest BCUT2D eigenvalue weighted by Crippen LogP contribution is -2.57. The Bertz CT molecular complexity index is 1050. The van der Waals surface area contributed by atoms with Gasteiger partial charge in [0, 0.05) is 30.1 Å². The standard InChI is InChI=1S/C28H38N2O7/c1-36-22-12-17(15-32)11-19-23-20(27(34)29-9-10-31)13-21(24(33)26(23)37-25(19)22)30(28(35)18-7-8-18)14-16-5-3-2-4-6-16/h11-13,16,18,21,23-24,26,31-33H,2-10,14-15H2,1H3,(H,29,34). The summed E-state index contributed by atoms with van der Waals surface area (Å²) in [6.45, 7) is 0.221. The Labute approximate surface area is 217 Å². The van der Waals surface area contributed by atoms with Crippen molar-refractivity contribution in [3.05, 3.63) is 34.9 Å². The van der Waals surface area contributed by atoms with Crippen molar-refractivity contribution in [1.82, 2.24) is 10.2 Å². The highest BCUT2D eigenvalue weighted by Crippen LogP contribution is 2.51. The van der Waals surface area contributed by atoms with Crippen LogP contribution >= 0.6 is 0 Å². The van der Waals surface area contributed by atoms with Gasteiger partial charge in [-0.05, 0) is 55.4 Å². The van der Waals surface area contributed by atoms with E-state index < -0.39 is 24.2 Å². The predicted octanol–water partition coefficient (Wildman–Crippen LogP) is 1.63. The molecule has 4 N–H and O–H groups in total. The number of hydrogen-bond acceptors (Lipinski definition) is 7. The molecule has 202 valence electrons. The fraction of sp³-hybridized carbons (Fsp3) is 0.643. The largest absolute Gasteiger partial charge is 0.493 e. The molecule has 1 aromatic carbocycles. The van der Waals surface area contributed by atoms with Crippen LogP contribution in [-0.4, -0.2) is 77.1 Å². The first-order valence-electron chi connectivity index (χ1n) is 13.5. The predicted molar refractivity (Wildman–Crippen MR) is 135 cm³/mol. The zero-order chi connectivity index (χ0) is 26.1. The van der Waals surface area contributed by atoms with E-state index in [1.807, 2.05) is 0 Å². The lowest BCUT2D eigenvalue weighted by Gasteiger charge is -2.42. The molecule has 0 radical (unpaired) electrons. The number of amides is 2. The maximum atomic E-state index is 13.5. The van der Waals surface area contributed by atoms with E-state index >= 15 is 0 Å². The minimum atomic E-state index is -1.06. The third-order valence-electron chi connectivity index (χ3n) is 8.24. The average molecular weight is 515 g/mol. The lowest BCUT2D eigenvalue weighted by atomic mass is 9.76. The second-order valence-electron chi connectivity index (χ2n) is 10.8. The van der Waals surface area contributed by atoms with Crippen molar-refractivity contribution < 1.29 is 34.4 Å². The van der Waals surface area contributed by atoms with Gasteiger partial charge in [0.2, 0.25) is 11.8 Å². The number of nitrogens with zero attached hydrogens (tertiary/aromatic N) is 1. The Morgan fingerprint density at radius 1 is 1.14 bits per heavy atom. The number of nitrogens with one attached hydrogen (secondary N) is 1. The normalized spacial score (nSPS) is 27.0. The van der Waals surface area contributed by atoms with Gasteiger partial charge in [-0.2, -0.15) is 0 Å². The Balaban J connectivity index is 1.55. The van der Waals surface area contributed by atoms with Crippen molar-refractivity contribution in [3.63, 3.8) is 0 Å². The van der Waals surface area contributed by atoms with E-state index in [-0.39, 0.29) is 37.5 Å². The topological polar surface area (TPSA) is 129 Å². The van der Waals surface area contributed by atoms with Gasteiger partial charge in [0.15, 0.2) is 11.5 Å². The highest BCUT2D eigenvalue weighted by molar-refractivity contribution is 5.96. The van der Waals surface area contributed by atoms with Crippen LogP contribution in [-0.2, 0) is 16.2 Å². The Morgan fingerprint density at radius 2 is 1.89 bits per heavy atom. The molecule has 1 heterocycles. The SMILES string of the molecule is COc1cc(CO)cc2c1OC1C2C(C(=O)NCCO)=CC(N(CC2CCCCC2)C(=O)C2CC2)C1O. The minimum absolute atomic E-state index is 0.0255. The molecule has 2 fully saturated rings. The molecule has 0 aromatic heterocycles. The molecule has 3 aliphatic carbocycles. The second kappa shape index (κ2) is 11.0. The van der Waals surface area contributed by atoms with Gasteiger partial charge < -0.3 is 35.0 Å². The first-order chi connectivity index (χ1) is 18.0. The number of carbonyl (C=O) groups is 2. The third kappa shape index (κ3) is 5.09. The van der Waals surface area contributed by atoms with Crippen molar-refractivity contribution in [1.29, 1.82) is 0 Å². The number of carbonyl (C=O) groups excluding carboxylic acids is 2. The van der Waals surface area contributed by atoms with E-state index in [0.29, 0.717) is 40.7 Å². The molecule has 0 spiro atoms. The molecule has 5 rings (SSSR count). The van der Waals surface area contributed by atoms with Crippen molar-refractivity contribution in [2.24, 2.45) is 11.8 Å². The summed E-state index contributed by atoms with van der Waals surface area (Å²) in [6.07, 6.45) is 7.19. The van der Waals surface area contributed by atoms with Crippen molar-refractivity contribution in [2.45, 2.75) is 75.7 Å². The van der Waals surface area contributed by atoms with Gasteiger partial charge in [-0.25, -0.2) is 0 Å². The van der Waals surface area contributed by atoms with Crippen LogP contribution in [0.4, 0.5) is 0 Å². The molecule has 0 saturated heterocycles. The fourth-order valence-electron chi connectivity index (χ4n) is 6.19.